The minimum absolute atomic E-state index is 0.401. The molecule has 1 fully saturated rings. The third-order valence-corrected chi connectivity index (χ3v) is 5.63. The van der Waals surface area contributed by atoms with E-state index in [1.54, 1.807) is 12.1 Å². The van der Waals surface area contributed by atoms with Crippen molar-refractivity contribution in [2.24, 2.45) is 0 Å². The van der Waals surface area contributed by atoms with Crippen molar-refractivity contribution >= 4 is 49.9 Å². The monoisotopic (exact) mass is 401 g/mol. The minimum atomic E-state index is -3.39. The highest BCUT2D eigenvalue weighted by Gasteiger charge is 2.28. The number of sulfonamides is 1. The molecule has 1 heterocycles. The van der Waals surface area contributed by atoms with Crippen molar-refractivity contribution in [1.82, 2.24) is 0 Å². The summed E-state index contributed by atoms with van der Waals surface area (Å²) >= 11 is 8.14. The molecule has 0 aliphatic carbocycles. The third kappa shape index (κ3) is 3.49. The smallest absolute Gasteiger partial charge is 0.235 e. The van der Waals surface area contributed by atoms with Crippen molar-refractivity contribution in [2.45, 2.75) is 18.1 Å². The third-order valence-electron chi connectivity index (χ3n) is 2.79. The van der Waals surface area contributed by atoms with Gasteiger partial charge in [0.05, 0.1) is 16.0 Å². The summed E-state index contributed by atoms with van der Waals surface area (Å²) in [7, 11) is -3.39. The Bertz CT molecular complexity index is 529. The largest absolute Gasteiger partial charge is 0.381 e. The minimum Gasteiger partial charge on any atom is -0.381 e. The average molecular weight is 402 g/mol. The maximum absolute atomic E-state index is 12.2. The van der Waals surface area contributed by atoms with Crippen LogP contribution >= 0.6 is 34.2 Å². The SMILES string of the molecule is O=S(=O)(Nc1ccc(I)cc1Cl)C1CCOCC1. The molecular weight excluding hydrogens is 389 g/mol. The molecule has 0 atom stereocenters. The molecule has 2 rings (SSSR count). The van der Waals surface area contributed by atoms with E-state index in [0.717, 1.165) is 3.57 Å². The molecule has 1 saturated heterocycles. The lowest BCUT2D eigenvalue weighted by atomic mass is 10.2. The molecule has 0 saturated carbocycles. The Morgan fingerprint density at radius 3 is 2.61 bits per heavy atom. The molecule has 1 aliphatic heterocycles. The fourth-order valence-electron chi connectivity index (χ4n) is 1.80. The number of hydrogen-bond donors (Lipinski definition) is 1. The van der Waals surface area contributed by atoms with Crippen LogP contribution in [0.15, 0.2) is 18.2 Å². The molecule has 0 unspecified atom stereocenters. The number of halogens is 2. The van der Waals surface area contributed by atoms with E-state index in [1.165, 1.54) is 0 Å². The average Bonchev–Trinajstić information content (AvgIpc) is 2.34. The fourth-order valence-corrected chi connectivity index (χ4v) is 4.22. The van der Waals surface area contributed by atoms with Gasteiger partial charge in [-0.2, -0.15) is 0 Å². The highest BCUT2D eigenvalue weighted by atomic mass is 127. The van der Waals surface area contributed by atoms with Gasteiger partial charge in [-0.3, -0.25) is 4.72 Å². The van der Waals surface area contributed by atoms with Crippen LogP contribution in [0.1, 0.15) is 12.8 Å². The van der Waals surface area contributed by atoms with Crippen LogP contribution in [0.2, 0.25) is 5.02 Å². The van der Waals surface area contributed by atoms with Crippen LogP contribution in [-0.4, -0.2) is 26.9 Å². The first-order valence-electron chi connectivity index (χ1n) is 5.53. The Labute approximate surface area is 125 Å². The van der Waals surface area contributed by atoms with Crippen LogP contribution in [0.5, 0.6) is 0 Å². The van der Waals surface area contributed by atoms with Crippen molar-refractivity contribution in [3.63, 3.8) is 0 Å². The van der Waals surface area contributed by atoms with Gasteiger partial charge in [-0.1, -0.05) is 11.6 Å². The summed E-state index contributed by atoms with van der Waals surface area (Å²) in [5, 5.41) is 0.0131. The Hall–Kier alpha value is -0.0500. The number of anilines is 1. The predicted octanol–water partition coefficient (Wildman–Crippen LogP) is 2.87. The molecule has 1 N–H and O–H groups in total. The summed E-state index contributed by atoms with van der Waals surface area (Å²) in [6, 6.07) is 5.22. The van der Waals surface area contributed by atoms with E-state index in [1.807, 2.05) is 6.07 Å². The van der Waals surface area contributed by atoms with Gasteiger partial charge in [-0.25, -0.2) is 8.42 Å². The van der Waals surface area contributed by atoms with Gasteiger partial charge in [0, 0.05) is 16.8 Å². The van der Waals surface area contributed by atoms with Gasteiger partial charge in [0.2, 0.25) is 10.0 Å². The molecule has 0 bridgehead atoms. The van der Waals surface area contributed by atoms with E-state index in [0.29, 0.717) is 36.8 Å². The second-order valence-corrected chi connectivity index (χ2v) is 7.70. The van der Waals surface area contributed by atoms with Gasteiger partial charge in [-0.15, -0.1) is 0 Å². The van der Waals surface area contributed by atoms with Crippen LogP contribution in [0.4, 0.5) is 5.69 Å². The van der Waals surface area contributed by atoms with Crippen molar-refractivity contribution in [3.05, 3.63) is 26.8 Å². The summed E-state index contributed by atoms with van der Waals surface area (Å²) in [6.45, 7) is 0.984. The molecule has 1 aromatic carbocycles. The molecule has 0 spiro atoms. The normalized spacial score (nSPS) is 17.7. The molecule has 0 aromatic heterocycles. The lowest BCUT2D eigenvalue weighted by Crippen LogP contribution is -2.33. The number of rotatable bonds is 3. The Morgan fingerprint density at radius 2 is 2.00 bits per heavy atom. The van der Waals surface area contributed by atoms with Crippen molar-refractivity contribution < 1.29 is 13.2 Å². The zero-order valence-electron chi connectivity index (χ0n) is 9.53. The van der Waals surface area contributed by atoms with E-state index < -0.39 is 15.3 Å². The molecule has 7 heteroatoms. The van der Waals surface area contributed by atoms with E-state index in [4.69, 9.17) is 16.3 Å². The first kappa shape index (κ1) is 14.4. The number of ether oxygens (including phenoxy) is 1. The van der Waals surface area contributed by atoms with Crippen molar-refractivity contribution in [3.8, 4) is 0 Å². The Morgan fingerprint density at radius 1 is 1.33 bits per heavy atom. The molecule has 100 valence electrons. The fraction of sp³-hybridized carbons (Fsp3) is 0.455. The van der Waals surface area contributed by atoms with Gasteiger partial charge in [0.25, 0.3) is 0 Å². The molecule has 1 aliphatic rings. The van der Waals surface area contributed by atoms with Crippen LogP contribution in [0.25, 0.3) is 0 Å². The first-order chi connectivity index (χ1) is 8.49. The second kappa shape index (κ2) is 5.94. The quantitative estimate of drug-likeness (QED) is 0.793. The summed E-state index contributed by atoms with van der Waals surface area (Å²) < 4.78 is 33.0. The summed E-state index contributed by atoms with van der Waals surface area (Å²) in [6.07, 6.45) is 1.05. The lowest BCUT2D eigenvalue weighted by Gasteiger charge is -2.23. The second-order valence-electron chi connectivity index (χ2n) is 4.08. The first-order valence-corrected chi connectivity index (χ1v) is 8.54. The summed E-state index contributed by atoms with van der Waals surface area (Å²) in [5.41, 5.74) is 0.434. The maximum atomic E-state index is 12.2. The summed E-state index contributed by atoms with van der Waals surface area (Å²) in [5.74, 6) is 0. The van der Waals surface area contributed by atoms with Gasteiger partial charge in [0.1, 0.15) is 0 Å². The molecule has 0 amide bonds. The molecule has 0 radical (unpaired) electrons. The van der Waals surface area contributed by atoms with E-state index in [9.17, 15) is 8.42 Å². The zero-order chi connectivity index (χ0) is 13.2. The van der Waals surface area contributed by atoms with Gasteiger partial charge in [-0.05, 0) is 53.6 Å². The van der Waals surface area contributed by atoms with Crippen LogP contribution in [0.3, 0.4) is 0 Å². The van der Waals surface area contributed by atoms with Crippen LogP contribution < -0.4 is 4.72 Å². The Balaban J connectivity index is 2.16. The van der Waals surface area contributed by atoms with E-state index in [-0.39, 0.29) is 0 Å². The standard InChI is InChI=1S/C11H13ClINO3S/c12-10-7-8(13)1-2-11(10)14-18(15,16)9-3-5-17-6-4-9/h1-2,7,9,14H,3-6H2. The Kier molecular flexibility index (Phi) is 4.74. The van der Waals surface area contributed by atoms with E-state index in [2.05, 4.69) is 27.3 Å². The lowest BCUT2D eigenvalue weighted by molar-refractivity contribution is 0.0984. The van der Waals surface area contributed by atoms with Gasteiger partial charge >= 0.3 is 0 Å². The topological polar surface area (TPSA) is 55.4 Å². The highest BCUT2D eigenvalue weighted by molar-refractivity contribution is 14.1. The van der Waals surface area contributed by atoms with Crippen LogP contribution in [0, 0.1) is 3.57 Å². The highest BCUT2D eigenvalue weighted by Crippen LogP contribution is 2.27. The molecule has 1 aromatic rings. The molecule has 4 nitrogen and oxygen atoms in total. The number of nitrogens with one attached hydrogen (secondary N) is 1. The number of benzene rings is 1. The van der Waals surface area contributed by atoms with Crippen LogP contribution in [-0.2, 0) is 14.8 Å². The van der Waals surface area contributed by atoms with Crippen molar-refractivity contribution in [2.75, 3.05) is 17.9 Å². The molecule has 18 heavy (non-hydrogen) atoms. The number of hydrogen-bond acceptors (Lipinski definition) is 3. The van der Waals surface area contributed by atoms with Gasteiger partial charge < -0.3 is 4.74 Å². The zero-order valence-corrected chi connectivity index (χ0v) is 13.3. The van der Waals surface area contributed by atoms with Crippen molar-refractivity contribution in [1.29, 1.82) is 0 Å². The predicted molar refractivity (Wildman–Crippen MR) is 80.6 cm³/mol. The molecular formula is C11H13ClINO3S. The maximum Gasteiger partial charge on any atom is 0.235 e. The summed E-state index contributed by atoms with van der Waals surface area (Å²) in [4.78, 5) is 0. The van der Waals surface area contributed by atoms with Gasteiger partial charge in [0.15, 0.2) is 0 Å². The van der Waals surface area contributed by atoms with E-state index >= 15 is 0 Å².